The van der Waals surface area contributed by atoms with Crippen molar-refractivity contribution in [3.05, 3.63) is 93.5 Å². The number of carbonyl (C=O) groups excluding carboxylic acids is 3. The minimum absolute atomic E-state index is 0.109. The molecule has 0 aromatic heterocycles. The molecule has 0 atom stereocenters. The van der Waals surface area contributed by atoms with Gasteiger partial charge in [0.2, 0.25) is 0 Å². The first-order valence-corrected chi connectivity index (χ1v) is 8.85. The maximum absolute atomic E-state index is 13.0. The van der Waals surface area contributed by atoms with Gasteiger partial charge >= 0.3 is 0 Å². The summed E-state index contributed by atoms with van der Waals surface area (Å²) in [5.74, 6) is -0.474. The highest BCUT2D eigenvalue weighted by molar-refractivity contribution is 6.40. The van der Waals surface area contributed by atoms with Crippen LogP contribution < -0.4 is 10.1 Å². The van der Waals surface area contributed by atoms with Crippen molar-refractivity contribution >= 4 is 34.8 Å². The van der Waals surface area contributed by atoms with Gasteiger partial charge in [-0.15, -0.1) is 0 Å². The molecular weight excluding hydrogens is 378 g/mol. The number of rotatable bonds is 3. The first-order valence-electron chi connectivity index (χ1n) is 8.47. The Kier molecular flexibility index (Phi) is 4.45. The molecule has 0 fully saturated rings. The van der Waals surface area contributed by atoms with Crippen LogP contribution in [-0.4, -0.2) is 24.6 Å². The van der Waals surface area contributed by atoms with Crippen molar-refractivity contribution in [1.29, 1.82) is 0 Å². The number of amides is 1. The molecule has 138 valence electrons. The van der Waals surface area contributed by atoms with Crippen molar-refractivity contribution in [2.45, 2.75) is 0 Å². The van der Waals surface area contributed by atoms with E-state index in [-0.39, 0.29) is 33.4 Å². The van der Waals surface area contributed by atoms with E-state index < -0.39 is 5.91 Å². The van der Waals surface area contributed by atoms with Crippen LogP contribution in [0.15, 0.2) is 60.7 Å². The van der Waals surface area contributed by atoms with Crippen molar-refractivity contribution in [3.63, 3.8) is 0 Å². The van der Waals surface area contributed by atoms with Crippen molar-refractivity contribution in [3.8, 4) is 5.75 Å². The van der Waals surface area contributed by atoms with Gasteiger partial charge in [0.1, 0.15) is 5.75 Å². The topological polar surface area (TPSA) is 72.5 Å². The number of halogens is 1. The number of methoxy groups -OCH3 is 1. The quantitative estimate of drug-likeness (QED) is 0.562. The molecule has 4 rings (SSSR count). The van der Waals surface area contributed by atoms with Gasteiger partial charge < -0.3 is 10.1 Å². The first kappa shape index (κ1) is 17.9. The van der Waals surface area contributed by atoms with Crippen LogP contribution in [0.25, 0.3) is 0 Å². The summed E-state index contributed by atoms with van der Waals surface area (Å²) in [5.41, 5.74) is 1.45. The number of hydrogen-bond acceptors (Lipinski definition) is 4. The maximum Gasteiger partial charge on any atom is 0.255 e. The molecule has 1 amide bonds. The molecule has 0 saturated heterocycles. The number of ether oxygens (including phenoxy) is 1. The van der Waals surface area contributed by atoms with Gasteiger partial charge in [0.05, 0.1) is 28.9 Å². The summed E-state index contributed by atoms with van der Waals surface area (Å²) in [7, 11) is 1.54. The fourth-order valence-corrected chi connectivity index (χ4v) is 3.47. The Hall–Kier alpha value is -3.44. The Morgan fingerprint density at radius 1 is 0.857 bits per heavy atom. The lowest BCUT2D eigenvalue weighted by molar-refractivity contribution is 0.0978. The molecule has 3 aromatic carbocycles. The molecule has 3 aromatic rings. The molecule has 1 aliphatic rings. The molecule has 0 aliphatic heterocycles. The molecule has 1 aliphatic carbocycles. The highest BCUT2D eigenvalue weighted by Crippen LogP contribution is 2.36. The second-order valence-corrected chi connectivity index (χ2v) is 6.64. The Bertz CT molecular complexity index is 1140. The minimum atomic E-state index is -0.411. The van der Waals surface area contributed by atoms with Crippen molar-refractivity contribution in [1.82, 2.24) is 0 Å². The highest BCUT2D eigenvalue weighted by Gasteiger charge is 2.33. The lowest BCUT2D eigenvalue weighted by atomic mass is 9.83. The Labute approximate surface area is 165 Å². The number of hydrogen-bond donors (Lipinski definition) is 1. The predicted octanol–water partition coefficient (Wildman–Crippen LogP) is 4.38. The standard InChI is InChI=1S/C22H14ClNO4/c1-28-13-8-6-12(7-9-13)22(27)24-17-11-10-16(23)18-19(17)21(26)15-5-3-2-4-14(15)20(18)25/h2-11H,1H3,(H,24,27). The molecule has 0 unspecified atom stereocenters. The van der Waals surface area contributed by atoms with E-state index in [1.54, 1.807) is 48.5 Å². The number of anilines is 1. The Balaban J connectivity index is 1.77. The number of carbonyl (C=O) groups is 3. The fourth-order valence-electron chi connectivity index (χ4n) is 3.22. The molecule has 0 radical (unpaired) electrons. The zero-order valence-corrected chi connectivity index (χ0v) is 15.5. The fraction of sp³-hybridized carbons (Fsp3) is 0.0455. The van der Waals surface area contributed by atoms with Gasteiger partial charge in [0, 0.05) is 16.7 Å². The summed E-state index contributed by atoms with van der Waals surface area (Å²) >= 11 is 6.23. The van der Waals surface area contributed by atoms with Crippen LogP contribution in [0.5, 0.6) is 5.75 Å². The third-order valence-electron chi connectivity index (χ3n) is 4.63. The average molecular weight is 392 g/mol. The summed E-state index contributed by atoms with van der Waals surface area (Å²) in [4.78, 5) is 38.6. The molecule has 6 heteroatoms. The van der Waals surface area contributed by atoms with Gasteiger partial charge in [-0.2, -0.15) is 0 Å². The summed E-state index contributed by atoms with van der Waals surface area (Å²) in [6.07, 6.45) is 0. The summed E-state index contributed by atoms with van der Waals surface area (Å²) in [6, 6.07) is 16.1. The predicted molar refractivity (Wildman–Crippen MR) is 106 cm³/mol. The molecule has 0 spiro atoms. The van der Waals surface area contributed by atoms with Crippen LogP contribution in [0, 0.1) is 0 Å². The van der Waals surface area contributed by atoms with E-state index in [2.05, 4.69) is 5.32 Å². The van der Waals surface area contributed by atoms with Crippen LogP contribution >= 0.6 is 11.6 Å². The van der Waals surface area contributed by atoms with Gasteiger partial charge in [-0.3, -0.25) is 14.4 Å². The number of nitrogens with one attached hydrogen (secondary N) is 1. The number of fused-ring (bicyclic) bond motifs is 2. The van der Waals surface area contributed by atoms with E-state index in [0.717, 1.165) is 0 Å². The number of benzene rings is 3. The second kappa shape index (κ2) is 6.94. The molecule has 5 nitrogen and oxygen atoms in total. The summed E-state index contributed by atoms with van der Waals surface area (Å²) in [5, 5.41) is 2.89. The van der Waals surface area contributed by atoms with Crippen LogP contribution in [0.2, 0.25) is 5.02 Å². The third kappa shape index (κ3) is 2.86. The zero-order chi connectivity index (χ0) is 19.8. The molecule has 0 bridgehead atoms. The van der Waals surface area contributed by atoms with Crippen molar-refractivity contribution in [2.24, 2.45) is 0 Å². The largest absolute Gasteiger partial charge is 0.497 e. The molecule has 0 saturated carbocycles. The normalized spacial score (nSPS) is 12.2. The van der Waals surface area contributed by atoms with E-state index in [4.69, 9.17) is 16.3 Å². The highest BCUT2D eigenvalue weighted by atomic mass is 35.5. The first-order chi connectivity index (χ1) is 13.5. The maximum atomic E-state index is 13.0. The van der Waals surface area contributed by atoms with E-state index in [9.17, 15) is 14.4 Å². The molecule has 0 heterocycles. The monoisotopic (exact) mass is 391 g/mol. The Morgan fingerprint density at radius 2 is 1.46 bits per heavy atom. The van der Waals surface area contributed by atoms with Gasteiger partial charge in [-0.05, 0) is 36.4 Å². The SMILES string of the molecule is COc1ccc(C(=O)Nc2ccc(Cl)c3c2C(=O)c2ccccc2C3=O)cc1. The summed E-state index contributed by atoms with van der Waals surface area (Å²) < 4.78 is 5.09. The van der Waals surface area contributed by atoms with E-state index >= 15 is 0 Å². The lowest BCUT2D eigenvalue weighted by Crippen LogP contribution is -2.24. The minimum Gasteiger partial charge on any atom is -0.497 e. The van der Waals surface area contributed by atoms with Crippen LogP contribution in [-0.2, 0) is 0 Å². The van der Waals surface area contributed by atoms with Crippen LogP contribution in [0.3, 0.4) is 0 Å². The van der Waals surface area contributed by atoms with Gasteiger partial charge in [-0.25, -0.2) is 0 Å². The van der Waals surface area contributed by atoms with Crippen LogP contribution in [0.4, 0.5) is 5.69 Å². The second-order valence-electron chi connectivity index (χ2n) is 6.23. The smallest absolute Gasteiger partial charge is 0.255 e. The zero-order valence-electron chi connectivity index (χ0n) is 14.8. The van der Waals surface area contributed by atoms with Gasteiger partial charge in [0.25, 0.3) is 5.91 Å². The van der Waals surface area contributed by atoms with Gasteiger partial charge in [-0.1, -0.05) is 35.9 Å². The van der Waals surface area contributed by atoms with E-state index in [1.807, 2.05) is 0 Å². The molecule has 28 heavy (non-hydrogen) atoms. The van der Waals surface area contributed by atoms with Crippen LogP contribution in [0.1, 0.15) is 42.2 Å². The summed E-state index contributed by atoms with van der Waals surface area (Å²) in [6.45, 7) is 0. The Morgan fingerprint density at radius 3 is 2.07 bits per heavy atom. The van der Waals surface area contributed by atoms with E-state index in [0.29, 0.717) is 22.4 Å². The van der Waals surface area contributed by atoms with Gasteiger partial charge in [0.15, 0.2) is 11.6 Å². The third-order valence-corrected chi connectivity index (χ3v) is 4.94. The number of ketones is 2. The molecule has 1 N–H and O–H groups in total. The van der Waals surface area contributed by atoms with Crippen molar-refractivity contribution < 1.29 is 19.1 Å². The lowest BCUT2D eigenvalue weighted by Gasteiger charge is -2.21. The average Bonchev–Trinajstić information content (AvgIpc) is 2.73. The van der Waals surface area contributed by atoms with Crippen molar-refractivity contribution in [2.75, 3.05) is 12.4 Å². The van der Waals surface area contributed by atoms with E-state index in [1.165, 1.54) is 19.2 Å². The molecular formula is C22H14ClNO4.